The van der Waals surface area contributed by atoms with E-state index in [1.54, 1.807) is 17.1 Å². The van der Waals surface area contributed by atoms with Gasteiger partial charge in [0.15, 0.2) is 0 Å². The van der Waals surface area contributed by atoms with Gasteiger partial charge in [-0.3, -0.25) is 14.4 Å². The summed E-state index contributed by atoms with van der Waals surface area (Å²) < 4.78 is 7.22. The van der Waals surface area contributed by atoms with Crippen LogP contribution < -0.4 is 5.32 Å². The number of anilines is 1. The Hall–Kier alpha value is -3.13. The van der Waals surface area contributed by atoms with Gasteiger partial charge in [0.1, 0.15) is 0 Å². The minimum absolute atomic E-state index is 0. The maximum absolute atomic E-state index is 12.8. The maximum Gasteiger partial charge on any atom is 0.258 e. The number of halogens is 1. The number of hydrogen-bond donors (Lipinski definition) is 2. The van der Waals surface area contributed by atoms with E-state index in [4.69, 9.17) is 4.74 Å². The smallest absolute Gasteiger partial charge is 0.258 e. The number of hydrogen-bond acceptors (Lipinski definition) is 4. The number of H-pyrrole nitrogens is 1. The largest absolute Gasteiger partial charge is 0.379 e. The van der Waals surface area contributed by atoms with Crippen LogP contribution in [0.5, 0.6) is 0 Å². The van der Waals surface area contributed by atoms with E-state index in [1.165, 1.54) is 5.56 Å². The summed E-state index contributed by atoms with van der Waals surface area (Å²) in [5.41, 5.74) is 4.75. The molecule has 1 fully saturated rings. The molecule has 1 aliphatic rings. The van der Waals surface area contributed by atoms with Crippen LogP contribution in [-0.4, -0.2) is 51.9 Å². The predicted octanol–water partition coefficient (Wildman–Crippen LogP) is 3.92. The molecule has 1 saturated heterocycles. The fourth-order valence-corrected chi connectivity index (χ4v) is 3.93. The molecule has 0 saturated carbocycles. The van der Waals surface area contributed by atoms with Gasteiger partial charge in [0.25, 0.3) is 5.91 Å². The van der Waals surface area contributed by atoms with Crippen LogP contribution in [0.1, 0.15) is 21.5 Å². The third-order valence-corrected chi connectivity index (χ3v) is 5.61. The second-order valence-corrected chi connectivity index (χ2v) is 7.83. The molecule has 32 heavy (non-hydrogen) atoms. The van der Waals surface area contributed by atoms with Crippen molar-refractivity contribution in [2.75, 3.05) is 31.6 Å². The molecule has 0 spiro atoms. The number of rotatable bonds is 6. The number of aromatic amines is 1. The molecule has 0 aliphatic carbocycles. The molecule has 2 aromatic carbocycles. The number of aromatic nitrogens is 3. The Morgan fingerprint density at radius 3 is 2.72 bits per heavy atom. The van der Waals surface area contributed by atoms with Gasteiger partial charge in [-0.15, -0.1) is 12.4 Å². The van der Waals surface area contributed by atoms with E-state index in [9.17, 15) is 4.79 Å². The molecule has 2 aromatic heterocycles. The highest BCUT2D eigenvalue weighted by molar-refractivity contribution is 6.05. The molecule has 0 radical (unpaired) electrons. The number of carbonyl (C=O) groups excluding carboxylic acids is 1. The van der Waals surface area contributed by atoms with Crippen LogP contribution in [0.15, 0.2) is 67.1 Å². The number of amides is 1. The zero-order chi connectivity index (χ0) is 21.0. The van der Waals surface area contributed by atoms with Gasteiger partial charge in [-0.05, 0) is 29.3 Å². The zero-order valence-corrected chi connectivity index (χ0v) is 18.5. The topological polar surface area (TPSA) is 75.2 Å². The Kier molecular flexibility index (Phi) is 6.90. The van der Waals surface area contributed by atoms with Crippen molar-refractivity contribution in [2.45, 2.75) is 13.1 Å². The molecule has 8 heteroatoms. The van der Waals surface area contributed by atoms with E-state index in [-0.39, 0.29) is 18.3 Å². The Balaban J connectivity index is 0.00000245. The minimum atomic E-state index is -0.163. The Bertz CT molecular complexity index is 1180. The van der Waals surface area contributed by atoms with Crippen molar-refractivity contribution in [3.8, 4) is 0 Å². The van der Waals surface area contributed by atoms with Crippen molar-refractivity contribution >= 4 is 34.9 Å². The fraction of sp³-hybridized carbons (Fsp3) is 0.250. The normalized spacial score (nSPS) is 14.2. The van der Waals surface area contributed by atoms with E-state index in [2.05, 4.69) is 26.5 Å². The summed E-state index contributed by atoms with van der Waals surface area (Å²) >= 11 is 0. The third kappa shape index (κ3) is 5.02. The van der Waals surface area contributed by atoms with Gasteiger partial charge >= 0.3 is 0 Å². The lowest BCUT2D eigenvalue weighted by Gasteiger charge is -2.26. The summed E-state index contributed by atoms with van der Waals surface area (Å²) in [5, 5.41) is 8.47. The lowest BCUT2D eigenvalue weighted by atomic mass is 10.1. The molecule has 0 bridgehead atoms. The Labute approximate surface area is 192 Å². The van der Waals surface area contributed by atoms with Gasteiger partial charge < -0.3 is 15.0 Å². The number of carbonyl (C=O) groups is 1. The molecule has 0 atom stereocenters. The third-order valence-electron chi connectivity index (χ3n) is 5.61. The monoisotopic (exact) mass is 451 g/mol. The van der Waals surface area contributed by atoms with Crippen molar-refractivity contribution in [1.29, 1.82) is 0 Å². The molecule has 1 amide bonds. The van der Waals surface area contributed by atoms with Gasteiger partial charge in [-0.1, -0.05) is 30.3 Å². The standard InChI is InChI=1S/C24H25N5O2.ClH/c30-24(20-14-26-29(17-20)15-18-4-2-1-3-5-18)27-21-6-7-23-22(12-21)19(13-25-23)16-28-8-10-31-11-9-28;/h1-7,12-14,17,25H,8-11,15-16H2,(H,27,30);1H. The first-order valence-corrected chi connectivity index (χ1v) is 10.5. The second kappa shape index (κ2) is 9.99. The summed E-state index contributed by atoms with van der Waals surface area (Å²) in [7, 11) is 0. The van der Waals surface area contributed by atoms with Crippen LogP contribution >= 0.6 is 12.4 Å². The Morgan fingerprint density at radius 1 is 1.09 bits per heavy atom. The van der Waals surface area contributed by atoms with Crippen LogP contribution in [0.4, 0.5) is 5.69 Å². The molecule has 166 valence electrons. The first-order valence-electron chi connectivity index (χ1n) is 10.5. The summed E-state index contributed by atoms with van der Waals surface area (Å²) in [5.74, 6) is -0.163. The molecule has 2 N–H and O–H groups in total. The summed E-state index contributed by atoms with van der Waals surface area (Å²) in [4.78, 5) is 18.5. The molecule has 1 aliphatic heterocycles. The van der Waals surface area contributed by atoms with Crippen LogP contribution in [0.3, 0.4) is 0 Å². The highest BCUT2D eigenvalue weighted by Gasteiger charge is 2.14. The molecule has 5 rings (SSSR count). The van der Waals surface area contributed by atoms with Crippen molar-refractivity contribution in [3.05, 3.63) is 83.8 Å². The van der Waals surface area contributed by atoms with Crippen LogP contribution in [0.25, 0.3) is 10.9 Å². The summed E-state index contributed by atoms with van der Waals surface area (Å²) in [6.45, 7) is 4.94. The predicted molar refractivity (Wildman–Crippen MR) is 127 cm³/mol. The first-order chi connectivity index (χ1) is 15.2. The molecule has 4 aromatic rings. The van der Waals surface area contributed by atoms with Gasteiger partial charge in [0.2, 0.25) is 0 Å². The fourth-order valence-electron chi connectivity index (χ4n) is 3.93. The van der Waals surface area contributed by atoms with E-state index in [0.717, 1.165) is 55.0 Å². The maximum atomic E-state index is 12.8. The van der Waals surface area contributed by atoms with E-state index < -0.39 is 0 Å². The summed E-state index contributed by atoms with van der Waals surface area (Å²) in [6.07, 6.45) is 5.44. The van der Waals surface area contributed by atoms with Crippen LogP contribution in [0, 0.1) is 0 Å². The molecule has 3 heterocycles. The van der Waals surface area contributed by atoms with Gasteiger partial charge in [0.05, 0.1) is 31.5 Å². The SMILES string of the molecule is Cl.O=C(Nc1ccc2[nH]cc(CN3CCOCC3)c2c1)c1cnn(Cc2ccccc2)c1. The molecular formula is C24H26ClN5O2. The molecular weight excluding hydrogens is 426 g/mol. The minimum Gasteiger partial charge on any atom is -0.379 e. The van der Waals surface area contributed by atoms with Crippen LogP contribution in [-0.2, 0) is 17.8 Å². The highest BCUT2D eigenvalue weighted by Crippen LogP contribution is 2.24. The zero-order valence-electron chi connectivity index (χ0n) is 17.7. The van der Waals surface area contributed by atoms with Crippen molar-refractivity contribution < 1.29 is 9.53 Å². The number of benzene rings is 2. The van der Waals surface area contributed by atoms with Gasteiger partial charge in [-0.2, -0.15) is 5.10 Å². The van der Waals surface area contributed by atoms with Crippen molar-refractivity contribution in [2.24, 2.45) is 0 Å². The number of fused-ring (bicyclic) bond motifs is 1. The van der Waals surface area contributed by atoms with Gasteiger partial charge in [-0.25, -0.2) is 0 Å². The molecule has 7 nitrogen and oxygen atoms in total. The van der Waals surface area contributed by atoms with Crippen molar-refractivity contribution in [3.63, 3.8) is 0 Å². The number of ether oxygens (including phenoxy) is 1. The number of morpholine rings is 1. The van der Waals surface area contributed by atoms with Crippen molar-refractivity contribution in [1.82, 2.24) is 19.7 Å². The average molecular weight is 452 g/mol. The Morgan fingerprint density at radius 2 is 1.91 bits per heavy atom. The van der Waals surface area contributed by atoms with E-state index >= 15 is 0 Å². The van der Waals surface area contributed by atoms with E-state index in [0.29, 0.717) is 12.1 Å². The van der Waals surface area contributed by atoms with Gasteiger partial charge in [0, 0.05) is 48.6 Å². The lowest BCUT2D eigenvalue weighted by molar-refractivity contribution is 0.0343. The van der Waals surface area contributed by atoms with Crippen LogP contribution in [0.2, 0.25) is 0 Å². The molecule has 0 unspecified atom stereocenters. The number of nitrogens with zero attached hydrogens (tertiary/aromatic N) is 3. The lowest BCUT2D eigenvalue weighted by Crippen LogP contribution is -2.35. The highest BCUT2D eigenvalue weighted by atomic mass is 35.5. The van der Waals surface area contributed by atoms with E-state index in [1.807, 2.05) is 48.5 Å². The first kappa shape index (κ1) is 22.1. The number of nitrogens with one attached hydrogen (secondary N) is 2. The quantitative estimate of drug-likeness (QED) is 0.466. The second-order valence-electron chi connectivity index (χ2n) is 7.83. The summed E-state index contributed by atoms with van der Waals surface area (Å²) in [6, 6.07) is 16.0. The average Bonchev–Trinajstić information content (AvgIpc) is 3.43.